The molecular weight excluding hydrogens is 272 g/mol. The molecule has 6 nitrogen and oxygen atoms in total. The number of likely N-dealkylation sites (tertiary alicyclic amines) is 1. The SMILES string of the molecule is COc1cc(NC2CCCN(CC(=O)O)C2)cc(OC)c1. The second-order valence-electron chi connectivity index (χ2n) is 5.21. The molecule has 0 saturated carbocycles. The van der Waals surface area contributed by atoms with E-state index in [0.717, 1.165) is 43.1 Å². The van der Waals surface area contributed by atoms with Gasteiger partial charge < -0.3 is 19.9 Å². The number of piperidine rings is 1. The largest absolute Gasteiger partial charge is 0.497 e. The quantitative estimate of drug-likeness (QED) is 0.831. The van der Waals surface area contributed by atoms with E-state index in [1.807, 2.05) is 23.1 Å². The van der Waals surface area contributed by atoms with E-state index in [2.05, 4.69) is 5.32 Å². The topological polar surface area (TPSA) is 71.0 Å². The first-order chi connectivity index (χ1) is 10.1. The van der Waals surface area contributed by atoms with Gasteiger partial charge in [0.15, 0.2) is 0 Å². The summed E-state index contributed by atoms with van der Waals surface area (Å²) < 4.78 is 10.5. The van der Waals surface area contributed by atoms with Gasteiger partial charge in [-0.3, -0.25) is 9.69 Å². The van der Waals surface area contributed by atoms with E-state index in [4.69, 9.17) is 14.6 Å². The molecule has 1 aliphatic rings. The standard InChI is InChI=1S/C15H22N2O4/c1-20-13-6-12(7-14(8-13)21-2)16-11-4-3-5-17(9-11)10-15(18)19/h6-8,11,16H,3-5,9-10H2,1-2H3,(H,18,19). The van der Waals surface area contributed by atoms with Crippen molar-refractivity contribution in [1.29, 1.82) is 0 Å². The van der Waals surface area contributed by atoms with Crippen LogP contribution in [0.1, 0.15) is 12.8 Å². The van der Waals surface area contributed by atoms with Crippen LogP contribution in [0.25, 0.3) is 0 Å². The molecule has 6 heteroatoms. The van der Waals surface area contributed by atoms with Gasteiger partial charge in [0.25, 0.3) is 0 Å². The summed E-state index contributed by atoms with van der Waals surface area (Å²) in [6.45, 7) is 1.66. The Morgan fingerprint density at radius 2 is 2.00 bits per heavy atom. The minimum absolute atomic E-state index is 0.0968. The van der Waals surface area contributed by atoms with Crippen LogP contribution >= 0.6 is 0 Å². The van der Waals surface area contributed by atoms with Crippen molar-refractivity contribution in [1.82, 2.24) is 4.90 Å². The summed E-state index contributed by atoms with van der Waals surface area (Å²) in [5.74, 6) is 0.684. The first-order valence-electron chi connectivity index (χ1n) is 7.04. The van der Waals surface area contributed by atoms with E-state index >= 15 is 0 Å². The molecule has 1 fully saturated rings. The number of methoxy groups -OCH3 is 2. The number of benzene rings is 1. The number of carboxylic acids is 1. The Balaban J connectivity index is 2.01. The van der Waals surface area contributed by atoms with E-state index in [0.29, 0.717) is 0 Å². The number of anilines is 1. The third kappa shape index (κ3) is 4.53. The van der Waals surface area contributed by atoms with Gasteiger partial charge in [0, 0.05) is 36.5 Å². The molecule has 1 saturated heterocycles. The number of nitrogens with one attached hydrogen (secondary N) is 1. The zero-order valence-electron chi connectivity index (χ0n) is 12.5. The molecule has 2 rings (SSSR count). The lowest BCUT2D eigenvalue weighted by Gasteiger charge is -2.32. The highest BCUT2D eigenvalue weighted by atomic mass is 16.5. The van der Waals surface area contributed by atoms with Crippen molar-refractivity contribution in [2.75, 3.05) is 39.2 Å². The van der Waals surface area contributed by atoms with Gasteiger partial charge in [-0.1, -0.05) is 0 Å². The summed E-state index contributed by atoms with van der Waals surface area (Å²) in [6, 6.07) is 5.88. The van der Waals surface area contributed by atoms with Gasteiger partial charge in [-0.25, -0.2) is 0 Å². The molecule has 0 aliphatic carbocycles. The Morgan fingerprint density at radius 3 is 2.57 bits per heavy atom. The van der Waals surface area contributed by atoms with Gasteiger partial charge in [0.05, 0.1) is 20.8 Å². The Morgan fingerprint density at radius 1 is 1.33 bits per heavy atom. The number of ether oxygens (including phenoxy) is 2. The Kier molecular flexibility index (Phi) is 5.27. The van der Waals surface area contributed by atoms with Gasteiger partial charge in [-0.2, -0.15) is 0 Å². The van der Waals surface area contributed by atoms with Crippen LogP contribution in [0, 0.1) is 0 Å². The fraction of sp³-hybridized carbons (Fsp3) is 0.533. The molecule has 1 aliphatic heterocycles. The number of carbonyl (C=O) groups is 1. The smallest absolute Gasteiger partial charge is 0.317 e. The molecule has 0 bridgehead atoms. The Bertz CT molecular complexity index is 470. The molecule has 1 heterocycles. The van der Waals surface area contributed by atoms with Gasteiger partial charge in [-0.15, -0.1) is 0 Å². The van der Waals surface area contributed by atoms with Crippen molar-refractivity contribution >= 4 is 11.7 Å². The van der Waals surface area contributed by atoms with Gasteiger partial charge in [0.2, 0.25) is 0 Å². The van der Waals surface area contributed by atoms with Crippen molar-refractivity contribution in [3.05, 3.63) is 18.2 Å². The highest BCUT2D eigenvalue weighted by Gasteiger charge is 2.21. The predicted molar refractivity (Wildman–Crippen MR) is 80.3 cm³/mol. The normalized spacial score (nSPS) is 19.0. The zero-order chi connectivity index (χ0) is 15.2. The van der Waals surface area contributed by atoms with E-state index in [-0.39, 0.29) is 12.6 Å². The number of hydrogen-bond donors (Lipinski definition) is 2. The molecule has 21 heavy (non-hydrogen) atoms. The fourth-order valence-corrected chi connectivity index (χ4v) is 2.63. The highest BCUT2D eigenvalue weighted by Crippen LogP contribution is 2.27. The van der Waals surface area contributed by atoms with E-state index in [1.54, 1.807) is 14.2 Å². The van der Waals surface area contributed by atoms with E-state index in [9.17, 15) is 4.79 Å². The highest BCUT2D eigenvalue weighted by molar-refractivity contribution is 5.69. The molecule has 1 aromatic carbocycles. The van der Waals surface area contributed by atoms with E-state index < -0.39 is 5.97 Å². The van der Waals surface area contributed by atoms with Crippen LogP contribution in [0.5, 0.6) is 11.5 Å². The maximum Gasteiger partial charge on any atom is 0.317 e. The number of carboxylic acid groups (broad SMARTS) is 1. The van der Waals surface area contributed by atoms with Crippen LogP contribution in [-0.4, -0.2) is 55.9 Å². The third-order valence-corrected chi connectivity index (χ3v) is 3.59. The first-order valence-corrected chi connectivity index (χ1v) is 7.04. The van der Waals surface area contributed by atoms with Gasteiger partial charge in [0.1, 0.15) is 11.5 Å². The molecule has 0 amide bonds. The number of nitrogens with zero attached hydrogens (tertiary/aromatic N) is 1. The number of aliphatic carboxylic acids is 1. The molecule has 0 spiro atoms. The maximum absolute atomic E-state index is 10.8. The average Bonchev–Trinajstić information content (AvgIpc) is 2.46. The second kappa shape index (κ2) is 7.17. The lowest BCUT2D eigenvalue weighted by molar-refractivity contribution is -0.138. The van der Waals surface area contributed by atoms with Crippen molar-refractivity contribution < 1.29 is 19.4 Å². The monoisotopic (exact) mass is 294 g/mol. The number of rotatable bonds is 6. The van der Waals surface area contributed by atoms with Crippen LogP contribution in [-0.2, 0) is 4.79 Å². The van der Waals surface area contributed by atoms with Crippen LogP contribution in [0.15, 0.2) is 18.2 Å². The summed E-state index contributed by atoms with van der Waals surface area (Å²) in [4.78, 5) is 12.8. The van der Waals surface area contributed by atoms with Crippen molar-refractivity contribution in [2.45, 2.75) is 18.9 Å². The summed E-state index contributed by atoms with van der Waals surface area (Å²) >= 11 is 0. The lowest BCUT2D eigenvalue weighted by Crippen LogP contribution is -2.44. The lowest BCUT2D eigenvalue weighted by atomic mass is 10.1. The first kappa shape index (κ1) is 15.4. The summed E-state index contributed by atoms with van der Waals surface area (Å²) in [5, 5.41) is 12.3. The van der Waals surface area contributed by atoms with Crippen molar-refractivity contribution in [2.24, 2.45) is 0 Å². The molecular formula is C15H22N2O4. The number of hydrogen-bond acceptors (Lipinski definition) is 5. The summed E-state index contributed by atoms with van der Waals surface area (Å²) in [5.41, 5.74) is 0.924. The van der Waals surface area contributed by atoms with Crippen LogP contribution in [0.4, 0.5) is 5.69 Å². The van der Waals surface area contributed by atoms with Crippen molar-refractivity contribution in [3.8, 4) is 11.5 Å². The predicted octanol–water partition coefficient (Wildman–Crippen LogP) is 1.66. The summed E-state index contributed by atoms with van der Waals surface area (Å²) in [7, 11) is 3.24. The molecule has 0 aromatic heterocycles. The zero-order valence-corrected chi connectivity index (χ0v) is 12.5. The second-order valence-corrected chi connectivity index (χ2v) is 5.21. The summed E-state index contributed by atoms with van der Waals surface area (Å²) in [6.07, 6.45) is 2.02. The molecule has 1 unspecified atom stereocenters. The van der Waals surface area contributed by atoms with Crippen LogP contribution < -0.4 is 14.8 Å². The minimum atomic E-state index is -0.779. The van der Waals surface area contributed by atoms with Gasteiger partial charge >= 0.3 is 5.97 Å². The average molecular weight is 294 g/mol. The van der Waals surface area contributed by atoms with E-state index in [1.165, 1.54) is 0 Å². The van der Waals surface area contributed by atoms with Crippen molar-refractivity contribution in [3.63, 3.8) is 0 Å². The maximum atomic E-state index is 10.8. The molecule has 0 radical (unpaired) electrons. The third-order valence-electron chi connectivity index (χ3n) is 3.59. The Hall–Kier alpha value is -1.95. The minimum Gasteiger partial charge on any atom is -0.497 e. The van der Waals surface area contributed by atoms with Crippen LogP contribution in [0.3, 0.4) is 0 Å². The van der Waals surface area contributed by atoms with Crippen LogP contribution in [0.2, 0.25) is 0 Å². The van der Waals surface area contributed by atoms with Gasteiger partial charge in [-0.05, 0) is 19.4 Å². The fourth-order valence-electron chi connectivity index (χ4n) is 2.63. The molecule has 116 valence electrons. The Labute approximate surface area is 124 Å². The molecule has 2 N–H and O–H groups in total. The molecule has 1 aromatic rings. The molecule has 1 atom stereocenters.